The Morgan fingerprint density at radius 2 is 1.65 bits per heavy atom. The lowest BCUT2D eigenvalue weighted by molar-refractivity contribution is -0.140. The highest BCUT2D eigenvalue weighted by Gasteiger charge is 2.33. The van der Waals surface area contributed by atoms with Gasteiger partial charge in [-0.3, -0.25) is 13.9 Å². The number of benzene rings is 3. The molecule has 3 aromatic carbocycles. The van der Waals surface area contributed by atoms with E-state index in [0.29, 0.717) is 22.9 Å². The molecule has 3 aromatic rings. The van der Waals surface area contributed by atoms with E-state index in [9.17, 15) is 18.0 Å². The molecule has 0 aliphatic heterocycles. The Morgan fingerprint density at radius 3 is 2.25 bits per heavy atom. The van der Waals surface area contributed by atoms with E-state index in [-0.39, 0.29) is 30.3 Å². The van der Waals surface area contributed by atoms with Gasteiger partial charge >= 0.3 is 0 Å². The van der Waals surface area contributed by atoms with Crippen molar-refractivity contribution >= 4 is 39.1 Å². The number of nitrogens with one attached hydrogen (secondary N) is 1. The van der Waals surface area contributed by atoms with E-state index in [0.717, 1.165) is 16.1 Å². The molecule has 0 aliphatic carbocycles. The summed E-state index contributed by atoms with van der Waals surface area (Å²) in [6, 6.07) is 20.0. The summed E-state index contributed by atoms with van der Waals surface area (Å²) in [5.41, 5.74) is 1.70. The van der Waals surface area contributed by atoms with Crippen LogP contribution in [0.5, 0.6) is 11.5 Å². The summed E-state index contributed by atoms with van der Waals surface area (Å²) >= 11 is 6.22. The summed E-state index contributed by atoms with van der Waals surface area (Å²) in [4.78, 5) is 28.8. The summed E-state index contributed by atoms with van der Waals surface area (Å²) in [6.45, 7) is 1.63. The molecule has 11 heteroatoms. The average Bonchev–Trinajstić information content (AvgIpc) is 2.93. The Balaban J connectivity index is 2.08. The number of methoxy groups -OCH3 is 2. The van der Waals surface area contributed by atoms with Gasteiger partial charge in [0.05, 0.1) is 26.2 Å². The second-order valence-corrected chi connectivity index (χ2v) is 11.4. The number of halogens is 1. The second-order valence-electron chi connectivity index (χ2n) is 9.06. The molecule has 0 saturated heterocycles. The molecule has 0 unspecified atom stereocenters. The Bertz CT molecular complexity index is 1420. The van der Waals surface area contributed by atoms with Gasteiger partial charge in [-0.1, -0.05) is 54.1 Å². The maximum absolute atomic E-state index is 14.1. The minimum Gasteiger partial charge on any atom is -0.497 e. The van der Waals surface area contributed by atoms with Crippen molar-refractivity contribution in [3.05, 3.63) is 88.9 Å². The van der Waals surface area contributed by atoms with Crippen molar-refractivity contribution < 1.29 is 27.5 Å². The predicted octanol–water partition coefficient (Wildman–Crippen LogP) is 3.90. The van der Waals surface area contributed by atoms with Crippen LogP contribution in [-0.4, -0.2) is 64.7 Å². The molecule has 3 rings (SSSR count). The normalized spacial score (nSPS) is 11.8. The maximum Gasteiger partial charge on any atom is 0.244 e. The molecule has 0 fully saturated rings. The van der Waals surface area contributed by atoms with E-state index < -0.39 is 28.5 Å². The van der Waals surface area contributed by atoms with Gasteiger partial charge in [0.15, 0.2) is 0 Å². The molecule has 0 bridgehead atoms. The van der Waals surface area contributed by atoms with Crippen LogP contribution in [0.15, 0.2) is 72.8 Å². The third kappa shape index (κ3) is 8.12. The third-order valence-electron chi connectivity index (χ3n) is 6.20. The van der Waals surface area contributed by atoms with Gasteiger partial charge in [0.1, 0.15) is 24.1 Å². The van der Waals surface area contributed by atoms with Crippen LogP contribution in [0.3, 0.4) is 0 Å². The van der Waals surface area contributed by atoms with Gasteiger partial charge in [-0.25, -0.2) is 8.42 Å². The number of hydrogen-bond acceptors (Lipinski definition) is 6. The van der Waals surface area contributed by atoms with Crippen LogP contribution in [0.2, 0.25) is 5.02 Å². The number of carbonyl (C=O) groups excluding carboxylic acids is 2. The van der Waals surface area contributed by atoms with Gasteiger partial charge in [-0.15, -0.1) is 0 Å². The highest BCUT2D eigenvalue weighted by atomic mass is 35.5. The van der Waals surface area contributed by atoms with Crippen molar-refractivity contribution in [3.63, 3.8) is 0 Å². The fourth-order valence-electron chi connectivity index (χ4n) is 4.26. The largest absolute Gasteiger partial charge is 0.497 e. The molecular weight excluding hydrogens is 554 g/mol. The van der Waals surface area contributed by atoms with Crippen LogP contribution < -0.4 is 19.1 Å². The first-order valence-corrected chi connectivity index (χ1v) is 14.8. The average molecular weight is 588 g/mol. The smallest absolute Gasteiger partial charge is 0.244 e. The van der Waals surface area contributed by atoms with Gasteiger partial charge in [0.2, 0.25) is 21.8 Å². The van der Waals surface area contributed by atoms with E-state index >= 15 is 0 Å². The fourth-order valence-corrected chi connectivity index (χ4v) is 5.33. The number of ether oxygens (including phenoxy) is 2. The summed E-state index contributed by atoms with van der Waals surface area (Å²) in [5.74, 6) is -0.254. The van der Waals surface area contributed by atoms with Crippen LogP contribution in [-0.2, 0) is 32.6 Å². The molecule has 0 aliphatic rings. The minimum absolute atomic E-state index is 0.0331. The number of likely N-dealkylation sites (N-methyl/N-ethyl adjacent to an activating group) is 1. The maximum atomic E-state index is 14.1. The number of hydrogen-bond donors (Lipinski definition) is 1. The summed E-state index contributed by atoms with van der Waals surface area (Å²) in [6.07, 6.45) is 1.24. The Kier molecular flexibility index (Phi) is 10.8. The molecular formula is C29H34ClN3O6S. The number of rotatable bonds is 13. The van der Waals surface area contributed by atoms with E-state index in [1.165, 1.54) is 31.3 Å². The lowest BCUT2D eigenvalue weighted by atomic mass is 10.0. The Hall–Kier alpha value is -3.76. The zero-order valence-corrected chi connectivity index (χ0v) is 24.5. The number of amides is 2. The predicted molar refractivity (Wildman–Crippen MR) is 156 cm³/mol. The fraction of sp³-hybridized carbons (Fsp3) is 0.310. The van der Waals surface area contributed by atoms with E-state index in [2.05, 4.69) is 5.32 Å². The van der Waals surface area contributed by atoms with Crippen LogP contribution in [0, 0.1) is 0 Å². The number of sulfonamides is 1. The van der Waals surface area contributed by atoms with Crippen LogP contribution in [0.4, 0.5) is 5.69 Å². The third-order valence-corrected chi connectivity index (χ3v) is 7.56. The second kappa shape index (κ2) is 14.0. The monoisotopic (exact) mass is 587 g/mol. The molecule has 1 atom stereocenters. The summed E-state index contributed by atoms with van der Waals surface area (Å²) < 4.78 is 37.6. The van der Waals surface area contributed by atoms with Gasteiger partial charge in [0.25, 0.3) is 0 Å². The van der Waals surface area contributed by atoms with Crippen molar-refractivity contribution in [2.75, 3.05) is 37.9 Å². The quantitative estimate of drug-likeness (QED) is 0.325. The minimum atomic E-state index is -3.95. The van der Waals surface area contributed by atoms with E-state index in [4.69, 9.17) is 21.1 Å². The summed E-state index contributed by atoms with van der Waals surface area (Å²) in [7, 11) is -1.07. The molecule has 0 spiro atoms. The molecule has 0 radical (unpaired) electrons. The first-order valence-electron chi connectivity index (χ1n) is 12.6. The summed E-state index contributed by atoms with van der Waals surface area (Å²) in [5, 5.41) is 3.30. The van der Waals surface area contributed by atoms with Crippen LogP contribution in [0.1, 0.15) is 18.1 Å². The first-order chi connectivity index (χ1) is 19.1. The van der Waals surface area contributed by atoms with Gasteiger partial charge < -0.3 is 19.7 Å². The molecule has 1 N–H and O–H groups in total. The van der Waals surface area contributed by atoms with Crippen molar-refractivity contribution in [2.24, 2.45) is 0 Å². The molecule has 2 amide bonds. The molecule has 0 aromatic heterocycles. The molecule has 40 heavy (non-hydrogen) atoms. The lowest BCUT2D eigenvalue weighted by Gasteiger charge is -2.33. The number of anilines is 1. The highest BCUT2D eigenvalue weighted by molar-refractivity contribution is 7.92. The van der Waals surface area contributed by atoms with Crippen LogP contribution >= 0.6 is 11.6 Å². The van der Waals surface area contributed by atoms with E-state index in [1.54, 1.807) is 37.3 Å². The van der Waals surface area contributed by atoms with Crippen molar-refractivity contribution in [3.8, 4) is 11.5 Å². The SMILES string of the molecule is CCNC(=O)[C@@H](Cc1ccccc1)N(Cc1cccc(Cl)c1)C(=O)CN(c1ccc(OC)cc1OC)S(C)(=O)=O. The van der Waals surface area contributed by atoms with Crippen molar-refractivity contribution in [1.29, 1.82) is 0 Å². The van der Waals surface area contributed by atoms with E-state index in [1.807, 2.05) is 30.3 Å². The Morgan fingerprint density at radius 1 is 0.950 bits per heavy atom. The number of nitrogens with zero attached hydrogens (tertiary/aromatic N) is 2. The van der Waals surface area contributed by atoms with Gasteiger partial charge in [-0.05, 0) is 42.3 Å². The molecule has 9 nitrogen and oxygen atoms in total. The Labute approximate surface area is 240 Å². The molecule has 214 valence electrons. The highest BCUT2D eigenvalue weighted by Crippen LogP contribution is 2.34. The molecule has 0 saturated carbocycles. The van der Waals surface area contributed by atoms with Crippen molar-refractivity contribution in [2.45, 2.75) is 25.9 Å². The topological polar surface area (TPSA) is 105 Å². The molecule has 0 heterocycles. The first kappa shape index (κ1) is 30.8. The van der Waals surface area contributed by atoms with Crippen LogP contribution in [0.25, 0.3) is 0 Å². The van der Waals surface area contributed by atoms with Gasteiger partial charge in [-0.2, -0.15) is 0 Å². The zero-order chi connectivity index (χ0) is 29.3. The zero-order valence-electron chi connectivity index (χ0n) is 23.0. The van der Waals surface area contributed by atoms with Crippen molar-refractivity contribution in [1.82, 2.24) is 10.2 Å². The van der Waals surface area contributed by atoms with Gasteiger partial charge in [0, 0.05) is 30.6 Å². The standard InChI is InChI=1S/C29H34ClN3O6S/c1-5-31-29(35)26(17-21-10-7-6-8-11-21)32(19-22-12-9-13-23(30)16-22)28(34)20-33(40(4,36)37)25-15-14-24(38-2)18-27(25)39-3/h6-16,18,26H,5,17,19-20H2,1-4H3,(H,31,35)/t26-/m1/s1. The number of carbonyl (C=O) groups is 2. The lowest BCUT2D eigenvalue weighted by Crippen LogP contribution is -2.53.